The zero-order chi connectivity index (χ0) is 14.6. The first-order valence-corrected chi connectivity index (χ1v) is 8.68. The first-order chi connectivity index (χ1) is 9.47. The third kappa shape index (κ3) is 3.96. The molecular formula is C14H20N2O3S. The Kier molecular flexibility index (Phi) is 4.65. The number of anilines is 1. The van der Waals surface area contributed by atoms with Gasteiger partial charge in [0.15, 0.2) is 9.84 Å². The lowest BCUT2D eigenvalue weighted by atomic mass is 10.3. The van der Waals surface area contributed by atoms with Gasteiger partial charge in [0, 0.05) is 38.0 Å². The molecule has 0 unspecified atom stereocenters. The second-order valence-corrected chi connectivity index (χ2v) is 7.08. The fourth-order valence-electron chi connectivity index (χ4n) is 2.26. The maximum absolute atomic E-state index is 11.8. The van der Waals surface area contributed by atoms with Crippen LogP contribution in [0.3, 0.4) is 0 Å². The Labute approximate surface area is 119 Å². The van der Waals surface area contributed by atoms with Crippen molar-refractivity contribution in [3.8, 4) is 0 Å². The highest BCUT2D eigenvalue weighted by Crippen LogP contribution is 2.14. The van der Waals surface area contributed by atoms with Crippen LogP contribution in [-0.2, 0) is 14.6 Å². The van der Waals surface area contributed by atoms with Gasteiger partial charge in [0.25, 0.3) is 0 Å². The highest BCUT2D eigenvalue weighted by molar-refractivity contribution is 7.90. The van der Waals surface area contributed by atoms with E-state index in [-0.39, 0.29) is 5.91 Å². The minimum Gasteiger partial charge on any atom is -0.385 e. The molecule has 0 saturated carbocycles. The third-order valence-electron chi connectivity index (χ3n) is 3.41. The number of nitrogens with one attached hydrogen (secondary N) is 1. The summed E-state index contributed by atoms with van der Waals surface area (Å²) in [6.45, 7) is 2.32. The van der Waals surface area contributed by atoms with E-state index in [1.807, 2.05) is 4.90 Å². The molecule has 0 bridgehead atoms. The van der Waals surface area contributed by atoms with Gasteiger partial charge in [-0.1, -0.05) is 0 Å². The number of hydrogen-bond acceptors (Lipinski definition) is 4. The van der Waals surface area contributed by atoms with Gasteiger partial charge in [0.1, 0.15) is 0 Å². The summed E-state index contributed by atoms with van der Waals surface area (Å²) in [5.74, 6) is 0.183. The Hall–Kier alpha value is -1.56. The highest BCUT2D eigenvalue weighted by atomic mass is 32.2. The monoisotopic (exact) mass is 296 g/mol. The molecule has 0 aromatic heterocycles. The van der Waals surface area contributed by atoms with Crippen LogP contribution in [0.1, 0.15) is 19.3 Å². The van der Waals surface area contributed by atoms with Crippen LogP contribution in [0.25, 0.3) is 0 Å². The minimum atomic E-state index is -3.15. The Morgan fingerprint density at radius 2 is 1.80 bits per heavy atom. The van der Waals surface area contributed by atoms with Gasteiger partial charge in [-0.3, -0.25) is 4.79 Å². The molecule has 1 heterocycles. The summed E-state index contributed by atoms with van der Waals surface area (Å²) in [6.07, 6.45) is 3.86. The fourth-order valence-corrected chi connectivity index (χ4v) is 2.89. The van der Waals surface area contributed by atoms with Crippen molar-refractivity contribution >= 4 is 21.4 Å². The molecule has 0 spiro atoms. The van der Waals surface area contributed by atoms with Crippen molar-refractivity contribution in [2.75, 3.05) is 31.2 Å². The fraction of sp³-hybridized carbons (Fsp3) is 0.500. The van der Waals surface area contributed by atoms with Gasteiger partial charge in [-0.05, 0) is 37.1 Å². The number of carbonyl (C=O) groups is 1. The number of rotatable bonds is 5. The van der Waals surface area contributed by atoms with Crippen molar-refractivity contribution < 1.29 is 13.2 Å². The number of amides is 1. The van der Waals surface area contributed by atoms with Crippen LogP contribution in [0, 0.1) is 0 Å². The maximum atomic E-state index is 11.8. The Morgan fingerprint density at radius 1 is 1.20 bits per heavy atom. The summed E-state index contributed by atoms with van der Waals surface area (Å²) in [5.41, 5.74) is 0.826. The first kappa shape index (κ1) is 14.8. The summed E-state index contributed by atoms with van der Waals surface area (Å²) >= 11 is 0. The second-order valence-electron chi connectivity index (χ2n) is 5.06. The number of sulfone groups is 1. The molecule has 1 aliphatic rings. The average molecular weight is 296 g/mol. The van der Waals surface area contributed by atoms with Crippen LogP contribution in [0.4, 0.5) is 5.69 Å². The molecule has 20 heavy (non-hydrogen) atoms. The van der Waals surface area contributed by atoms with Crippen molar-refractivity contribution in [3.05, 3.63) is 24.3 Å². The largest absolute Gasteiger partial charge is 0.385 e. The Bertz CT molecular complexity index is 561. The van der Waals surface area contributed by atoms with Gasteiger partial charge in [-0.2, -0.15) is 0 Å². The molecule has 110 valence electrons. The number of carbonyl (C=O) groups excluding carboxylic acids is 1. The highest BCUT2D eigenvalue weighted by Gasteiger charge is 2.16. The van der Waals surface area contributed by atoms with Crippen LogP contribution < -0.4 is 5.32 Å². The quantitative estimate of drug-likeness (QED) is 0.894. The third-order valence-corrected chi connectivity index (χ3v) is 4.54. The summed E-state index contributed by atoms with van der Waals surface area (Å²) in [6, 6.07) is 6.58. The molecule has 1 amide bonds. The van der Waals surface area contributed by atoms with Crippen molar-refractivity contribution in [2.45, 2.75) is 24.2 Å². The molecule has 1 aliphatic heterocycles. The van der Waals surface area contributed by atoms with E-state index >= 15 is 0 Å². The number of benzene rings is 1. The predicted octanol–water partition coefficient (Wildman–Crippen LogP) is 1.51. The maximum Gasteiger partial charge on any atom is 0.224 e. The molecule has 1 N–H and O–H groups in total. The second kappa shape index (κ2) is 6.26. The van der Waals surface area contributed by atoms with Gasteiger partial charge in [-0.25, -0.2) is 8.42 Å². The van der Waals surface area contributed by atoms with Gasteiger partial charge >= 0.3 is 0 Å². The Balaban J connectivity index is 1.81. The summed E-state index contributed by atoms with van der Waals surface area (Å²) < 4.78 is 22.6. The molecule has 1 aromatic rings. The topological polar surface area (TPSA) is 66.5 Å². The predicted molar refractivity (Wildman–Crippen MR) is 78.5 cm³/mol. The van der Waals surface area contributed by atoms with Gasteiger partial charge in [0.2, 0.25) is 5.91 Å². The molecule has 2 rings (SSSR count). The van der Waals surface area contributed by atoms with Crippen molar-refractivity contribution in [3.63, 3.8) is 0 Å². The minimum absolute atomic E-state index is 0.183. The lowest BCUT2D eigenvalue weighted by Gasteiger charge is -2.15. The van der Waals surface area contributed by atoms with Gasteiger partial charge < -0.3 is 10.2 Å². The smallest absolute Gasteiger partial charge is 0.224 e. The molecule has 1 fully saturated rings. The van der Waals surface area contributed by atoms with Crippen LogP contribution in [-0.4, -0.2) is 45.1 Å². The lowest BCUT2D eigenvalue weighted by Crippen LogP contribution is -2.29. The van der Waals surface area contributed by atoms with Gasteiger partial charge in [0.05, 0.1) is 4.90 Å². The average Bonchev–Trinajstić information content (AvgIpc) is 2.92. The van der Waals surface area contributed by atoms with E-state index in [2.05, 4.69) is 5.32 Å². The van der Waals surface area contributed by atoms with E-state index in [0.29, 0.717) is 17.9 Å². The molecule has 1 aromatic carbocycles. The molecule has 6 heteroatoms. The van der Waals surface area contributed by atoms with Crippen molar-refractivity contribution in [2.24, 2.45) is 0 Å². The van der Waals surface area contributed by atoms with E-state index in [0.717, 1.165) is 31.6 Å². The van der Waals surface area contributed by atoms with Crippen LogP contribution in [0.2, 0.25) is 0 Å². The summed E-state index contributed by atoms with van der Waals surface area (Å²) in [4.78, 5) is 14.0. The van der Waals surface area contributed by atoms with Crippen LogP contribution >= 0.6 is 0 Å². The van der Waals surface area contributed by atoms with Crippen LogP contribution in [0.15, 0.2) is 29.2 Å². The van der Waals surface area contributed by atoms with Crippen molar-refractivity contribution in [1.29, 1.82) is 0 Å². The first-order valence-electron chi connectivity index (χ1n) is 6.78. The summed E-state index contributed by atoms with van der Waals surface area (Å²) in [5, 5.41) is 3.14. The van der Waals surface area contributed by atoms with E-state index in [9.17, 15) is 13.2 Å². The van der Waals surface area contributed by atoms with E-state index in [4.69, 9.17) is 0 Å². The SMILES string of the molecule is CS(=O)(=O)c1ccc(NCCC(=O)N2CCCC2)cc1. The molecule has 0 radical (unpaired) electrons. The van der Waals surface area contributed by atoms with E-state index in [1.54, 1.807) is 24.3 Å². The van der Waals surface area contributed by atoms with Crippen molar-refractivity contribution in [1.82, 2.24) is 4.90 Å². The summed E-state index contributed by atoms with van der Waals surface area (Å²) in [7, 11) is -3.15. The number of likely N-dealkylation sites (tertiary alicyclic amines) is 1. The standard InChI is InChI=1S/C14H20N2O3S/c1-20(18,19)13-6-4-12(5-7-13)15-9-8-14(17)16-10-2-3-11-16/h4-7,15H,2-3,8-11H2,1H3. The van der Waals surface area contributed by atoms with E-state index in [1.165, 1.54) is 6.26 Å². The van der Waals surface area contributed by atoms with Gasteiger partial charge in [-0.15, -0.1) is 0 Å². The zero-order valence-electron chi connectivity index (χ0n) is 11.6. The van der Waals surface area contributed by atoms with E-state index < -0.39 is 9.84 Å². The molecule has 0 aliphatic carbocycles. The molecule has 0 atom stereocenters. The normalized spacial score (nSPS) is 15.3. The molecule has 1 saturated heterocycles. The Morgan fingerprint density at radius 3 is 2.35 bits per heavy atom. The lowest BCUT2D eigenvalue weighted by molar-refractivity contribution is -0.129. The molecule has 5 nitrogen and oxygen atoms in total. The number of hydrogen-bond donors (Lipinski definition) is 1. The zero-order valence-corrected chi connectivity index (χ0v) is 12.4. The number of nitrogens with zero attached hydrogens (tertiary/aromatic N) is 1. The van der Waals surface area contributed by atoms with Crippen LogP contribution in [0.5, 0.6) is 0 Å². The molecular weight excluding hydrogens is 276 g/mol.